The number of rotatable bonds is 2. The summed E-state index contributed by atoms with van der Waals surface area (Å²) in [5, 5.41) is 3.33. The zero-order valence-electron chi connectivity index (χ0n) is 8.16. The Hall–Kier alpha value is -1.12. The van der Waals surface area contributed by atoms with Gasteiger partial charge in [-0.3, -0.25) is 4.79 Å². The Kier molecular flexibility index (Phi) is 2.89. The van der Waals surface area contributed by atoms with Crippen LogP contribution in [0.2, 0.25) is 0 Å². The van der Waals surface area contributed by atoms with E-state index in [9.17, 15) is 4.79 Å². The quantitative estimate of drug-likeness (QED) is 0.718. The van der Waals surface area contributed by atoms with E-state index >= 15 is 0 Å². The second kappa shape index (κ2) is 4.17. The molecular formula is C12H9ClOS. The molecule has 0 saturated heterocycles. The number of halogens is 1. The Morgan fingerprint density at radius 2 is 1.87 bits per heavy atom. The van der Waals surface area contributed by atoms with Crippen LogP contribution in [0.4, 0.5) is 0 Å². The Bertz CT molecular complexity index is 485. The van der Waals surface area contributed by atoms with Crippen LogP contribution in [0, 0.1) is 6.92 Å². The van der Waals surface area contributed by atoms with Crippen molar-refractivity contribution < 1.29 is 4.79 Å². The second-order valence-corrected chi connectivity index (χ2v) is 4.43. The van der Waals surface area contributed by atoms with Gasteiger partial charge in [0.2, 0.25) is 0 Å². The smallest absolute Gasteiger partial charge is 0.253 e. The lowest BCUT2D eigenvalue weighted by Crippen LogP contribution is -1.88. The van der Waals surface area contributed by atoms with Crippen LogP contribution < -0.4 is 0 Å². The van der Waals surface area contributed by atoms with Crippen LogP contribution in [-0.4, -0.2) is 5.24 Å². The molecule has 0 amide bonds. The highest BCUT2D eigenvalue weighted by Crippen LogP contribution is 2.28. The molecule has 0 aliphatic heterocycles. The SMILES string of the molecule is Cc1ccc(-c2cscc2C(=O)Cl)cc1. The van der Waals surface area contributed by atoms with E-state index in [2.05, 4.69) is 0 Å². The number of carbonyl (C=O) groups excluding carboxylic acids is 1. The molecule has 3 heteroatoms. The molecule has 15 heavy (non-hydrogen) atoms. The van der Waals surface area contributed by atoms with Gasteiger partial charge in [0.25, 0.3) is 5.24 Å². The molecule has 0 saturated carbocycles. The van der Waals surface area contributed by atoms with Crippen LogP contribution in [0.5, 0.6) is 0 Å². The number of thiophene rings is 1. The molecular weight excluding hydrogens is 228 g/mol. The molecule has 0 bridgehead atoms. The first-order chi connectivity index (χ1) is 7.18. The lowest BCUT2D eigenvalue weighted by Gasteiger charge is -2.01. The normalized spacial score (nSPS) is 10.3. The summed E-state index contributed by atoms with van der Waals surface area (Å²) in [6, 6.07) is 8.05. The minimum Gasteiger partial charge on any atom is -0.276 e. The third kappa shape index (κ3) is 2.11. The van der Waals surface area contributed by atoms with Crippen LogP contribution in [0.15, 0.2) is 35.0 Å². The standard InChI is InChI=1S/C12H9ClOS/c1-8-2-4-9(5-3-8)10-6-15-7-11(10)12(13)14/h2-7H,1H3. The van der Waals surface area contributed by atoms with Crippen molar-refractivity contribution in [2.75, 3.05) is 0 Å². The minimum absolute atomic E-state index is 0.396. The van der Waals surface area contributed by atoms with Gasteiger partial charge in [0.05, 0.1) is 5.56 Å². The largest absolute Gasteiger partial charge is 0.276 e. The molecule has 0 atom stereocenters. The molecule has 0 unspecified atom stereocenters. The summed E-state index contributed by atoms with van der Waals surface area (Å²) in [4.78, 5) is 11.1. The Morgan fingerprint density at radius 3 is 2.47 bits per heavy atom. The molecule has 2 rings (SSSR count). The Balaban J connectivity index is 2.49. The number of carbonyl (C=O) groups is 1. The van der Waals surface area contributed by atoms with Crippen LogP contribution in [-0.2, 0) is 0 Å². The van der Waals surface area contributed by atoms with Crippen molar-refractivity contribution in [2.45, 2.75) is 6.92 Å². The summed E-state index contributed by atoms with van der Waals surface area (Å²) in [5.74, 6) is 0. The van der Waals surface area contributed by atoms with Gasteiger partial charge in [-0.1, -0.05) is 29.8 Å². The molecule has 1 nitrogen and oxygen atoms in total. The van der Waals surface area contributed by atoms with Gasteiger partial charge in [-0.2, -0.15) is 11.3 Å². The highest BCUT2D eigenvalue weighted by atomic mass is 35.5. The van der Waals surface area contributed by atoms with E-state index in [-0.39, 0.29) is 0 Å². The van der Waals surface area contributed by atoms with E-state index < -0.39 is 5.24 Å². The third-order valence-electron chi connectivity index (χ3n) is 2.24. The second-order valence-electron chi connectivity index (χ2n) is 3.34. The maximum absolute atomic E-state index is 11.1. The third-order valence-corrected chi connectivity index (χ3v) is 3.18. The van der Waals surface area contributed by atoms with Gasteiger partial charge in [0.1, 0.15) is 0 Å². The molecule has 0 fully saturated rings. The molecule has 2 aromatic rings. The van der Waals surface area contributed by atoms with E-state index in [1.165, 1.54) is 16.9 Å². The van der Waals surface area contributed by atoms with E-state index in [1.54, 1.807) is 5.38 Å². The van der Waals surface area contributed by atoms with Gasteiger partial charge in [0.15, 0.2) is 0 Å². The maximum atomic E-state index is 11.1. The summed E-state index contributed by atoms with van der Waals surface area (Å²) in [6.45, 7) is 2.03. The first-order valence-electron chi connectivity index (χ1n) is 4.51. The molecule has 0 aliphatic rings. The molecule has 0 aliphatic carbocycles. The van der Waals surface area contributed by atoms with E-state index in [0.29, 0.717) is 5.56 Å². The van der Waals surface area contributed by atoms with Gasteiger partial charge in [0, 0.05) is 10.9 Å². The molecule has 1 heterocycles. The highest BCUT2D eigenvalue weighted by Gasteiger charge is 2.11. The van der Waals surface area contributed by atoms with Crippen molar-refractivity contribution >= 4 is 28.2 Å². The van der Waals surface area contributed by atoms with E-state index in [0.717, 1.165) is 11.1 Å². The Morgan fingerprint density at radius 1 is 1.20 bits per heavy atom. The molecule has 76 valence electrons. The van der Waals surface area contributed by atoms with Crippen molar-refractivity contribution in [1.82, 2.24) is 0 Å². The van der Waals surface area contributed by atoms with E-state index in [1.807, 2.05) is 36.6 Å². The Labute approximate surface area is 97.3 Å². The van der Waals surface area contributed by atoms with Gasteiger partial charge in [-0.15, -0.1) is 0 Å². The molecule has 0 radical (unpaired) electrons. The fourth-order valence-electron chi connectivity index (χ4n) is 1.41. The van der Waals surface area contributed by atoms with Gasteiger partial charge < -0.3 is 0 Å². The van der Waals surface area contributed by atoms with Crippen LogP contribution in [0.25, 0.3) is 11.1 Å². The first-order valence-corrected chi connectivity index (χ1v) is 5.83. The fourth-order valence-corrected chi connectivity index (χ4v) is 2.46. The summed E-state index contributed by atoms with van der Waals surface area (Å²) < 4.78 is 0. The molecule has 0 N–H and O–H groups in total. The monoisotopic (exact) mass is 236 g/mol. The minimum atomic E-state index is -0.396. The van der Waals surface area contributed by atoms with Gasteiger partial charge >= 0.3 is 0 Å². The average molecular weight is 237 g/mol. The van der Waals surface area contributed by atoms with Crippen molar-refractivity contribution in [2.24, 2.45) is 0 Å². The molecule has 0 spiro atoms. The van der Waals surface area contributed by atoms with Crippen molar-refractivity contribution in [3.8, 4) is 11.1 Å². The van der Waals surface area contributed by atoms with Crippen LogP contribution in [0.1, 0.15) is 15.9 Å². The van der Waals surface area contributed by atoms with E-state index in [4.69, 9.17) is 11.6 Å². The number of aryl methyl sites for hydroxylation is 1. The summed E-state index contributed by atoms with van der Waals surface area (Å²) in [5.41, 5.74) is 3.74. The zero-order valence-corrected chi connectivity index (χ0v) is 9.73. The summed E-state index contributed by atoms with van der Waals surface area (Å²) >= 11 is 6.99. The van der Waals surface area contributed by atoms with Crippen molar-refractivity contribution in [3.63, 3.8) is 0 Å². The van der Waals surface area contributed by atoms with Gasteiger partial charge in [-0.25, -0.2) is 0 Å². The zero-order chi connectivity index (χ0) is 10.8. The number of hydrogen-bond acceptors (Lipinski definition) is 2. The van der Waals surface area contributed by atoms with Crippen molar-refractivity contribution in [1.29, 1.82) is 0 Å². The predicted octanol–water partition coefficient (Wildman–Crippen LogP) is 4.10. The molecule has 1 aromatic carbocycles. The fraction of sp³-hybridized carbons (Fsp3) is 0.0833. The predicted molar refractivity (Wildman–Crippen MR) is 64.7 cm³/mol. The van der Waals surface area contributed by atoms with Crippen LogP contribution in [0.3, 0.4) is 0 Å². The lowest BCUT2D eigenvalue weighted by molar-refractivity contribution is 0.108. The van der Waals surface area contributed by atoms with Crippen LogP contribution >= 0.6 is 22.9 Å². The summed E-state index contributed by atoms with van der Waals surface area (Å²) in [7, 11) is 0. The highest BCUT2D eigenvalue weighted by molar-refractivity contribution is 7.09. The van der Waals surface area contributed by atoms with Crippen molar-refractivity contribution in [3.05, 3.63) is 46.2 Å². The first kappa shape index (κ1) is 10.4. The van der Waals surface area contributed by atoms with Gasteiger partial charge in [-0.05, 0) is 29.5 Å². The molecule has 1 aromatic heterocycles. The average Bonchev–Trinajstić information content (AvgIpc) is 2.67. The number of hydrogen-bond donors (Lipinski definition) is 0. The number of benzene rings is 1. The lowest BCUT2D eigenvalue weighted by atomic mass is 10.0. The maximum Gasteiger partial charge on any atom is 0.253 e. The summed E-state index contributed by atoms with van der Waals surface area (Å²) in [6.07, 6.45) is 0. The topological polar surface area (TPSA) is 17.1 Å².